The topological polar surface area (TPSA) is 97.6 Å². The van der Waals surface area contributed by atoms with Gasteiger partial charge >= 0.3 is 0 Å². The van der Waals surface area contributed by atoms with E-state index in [1.54, 1.807) is 0 Å². The maximum atomic E-state index is 12.2. The highest BCUT2D eigenvalue weighted by Gasteiger charge is 2.28. The van der Waals surface area contributed by atoms with Gasteiger partial charge in [0.1, 0.15) is 5.00 Å². The van der Waals surface area contributed by atoms with Crippen molar-refractivity contribution in [2.24, 2.45) is 5.92 Å². The number of rotatable bonds is 5. The van der Waals surface area contributed by atoms with Gasteiger partial charge in [0, 0.05) is 33.2 Å². The largest absolute Gasteiger partial charge is 0.382 e. The highest BCUT2D eigenvalue weighted by Crippen LogP contribution is 2.33. The van der Waals surface area contributed by atoms with E-state index in [1.165, 1.54) is 14.1 Å². The lowest BCUT2D eigenvalue weighted by Gasteiger charge is -2.14. The Labute approximate surface area is 117 Å². The third kappa shape index (κ3) is 2.99. The second kappa shape index (κ2) is 5.61. The lowest BCUT2D eigenvalue weighted by Crippen LogP contribution is -2.24. The van der Waals surface area contributed by atoms with Gasteiger partial charge in [-0.1, -0.05) is 0 Å². The van der Waals surface area contributed by atoms with E-state index in [9.17, 15) is 8.42 Å². The molecule has 1 aromatic rings. The molecule has 0 aromatic carbocycles. The predicted molar refractivity (Wildman–Crippen MR) is 74.8 cm³/mol. The van der Waals surface area contributed by atoms with Crippen LogP contribution in [0.3, 0.4) is 0 Å². The third-order valence-corrected chi connectivity index (χ3v) is 5.83. The van der Waals surface area contributed by atoms with Gasteiger partial charge < -0.3 is 15.8 Å². The lowest BCUT2D eigenvalue weighted by atomic mass is 10.1. The van der Waals surface area contributed by atoms with Crippen molar-refractivity contribution in [2.45, 2.75) is 11.3 Å². The average molecular weight is 306 g/mol. The molecule has 1 fully saturated rings. The molecule has 2 rings (SSSR count). The average Bonchev–Trinajstić information content (AvgIpc) is 2.95. The fourth-order valence-corrected chi connectivity index (χ4v) is 3.90. The Morgan fingerprint density at radius 1 is 1.58 bits per heavy atom. The molecule has 1 aliphatic heterocycles. The van der Waals surface area contributed by atoms with E-state index in [0.29, 0.717) is 24.1 Å². The third-order valence-electron chi connectivity index (χ3n) is 2.99. The van der Waals surface area contributed by atoms with Crippen LogP contribution in [0.25, 0.3) is 0 Å². The van der Waals surface area contributed by atoms with E-state index in [-0.39, 0.29) is 10.7 Å². The van der Waals surface area contributed by atoms with Crippen LogP contribution in [0.15, 0.2) is 4.90 Å². The number of nitrogens with zero attached hydrogens (tertiary/aromatic N) is 2. The first-order valence-electron chi connectivity index (χ1n) is 5.92. The molecule has 108 valence electrons. The number of aromatic nitrogens is 1. The SMILES string of the molecule is CN(C)S(=O)(=O)c1c(N)nsc1NCC1CCOC1. The molecule has 1 unspecified atom stereocenters. The van der Waals surface area contributed by atoms with E-state index in [1.807, 2.05) is 0 Å². The van der Waals surface area contributed by atoms with Crippen molar-refractivity contribution < 1.29 is 13.2 Å². The molecule has 1 aliphatic rings. The van der Waals surface area contributed by atoms with Gasteiger partial charge in [-0.15, -0.1) is 0 Å². The molecular weight excluding hydrogens is 288 g/mol. The van der Waals surface area contributed by atoms with E-state index in [2.05, 4.69) is 9.69 Å². The van der Waals surface area contributed by atoms with Gasteiger partial charge in [0.2, 0.25) is 10.0 Å². The van der Waals surface area contributed by atoms with Gasteiger partial charge in [0.25, 0.3) is 0 Å². The van der Waals surface area contributed by atoms with Gasteiger partial charge in [-0.2, -0.15) is 4.37 Å². The molecule has 19 heavy (non-hydrogen) atoms. The Bertz CT molecular complexity index is 535. The zero-order chi connectivity index (χ0) is 14.0. The summed E-state index contributed by atoms with van der Waals surface area (Å²) in [7, 11) is -0.632. The van der Waals surface area contributed by atoms with Crippen LogP contribution in [-0.2, 0) is 14.8 Å². The summed E-state index contributed by atoms with van der Waals surface area (Å²) in [4.78, 5) is 0.0708. The first-order chi connectivity index (χ1) is 8.93. The lowest BCUT2D eigenvalue weighted by molar-refractivity contribution is 0.187. The first kappa shape index (κ1) is 14.5. The predicted octanol–water partition coefficient (Wildman–Crippen LogP) is 0.424. The molecule has 1 aromatic heterocycles. The van der Waals surface area contributed by atoms with Gasteiger partial charge in [-0.3, -0.25) is 0 Å². The van der Waals surface area contributed by atoms with Crippen LogP contribution in [0.5, 0.6) is 0 Å². The Morgan fingerprint density at radius 2 is 2.32 bits per heavy atom. The summed E-state index contributed by atoms with van der Waals surface area (Å²) in [5.41, 5.74) is 5.68. The number of ether oxygens (including phenoxy) is 1. The number of nitrogen functional groups attached to an aromatic ring is 1. The van der Waals surface area contributed by atoms with Crippen molar-refractivity contribution in [1.29, 1.82) is 0 Å². The molecule has 0 amide bonds. The highest BCUT2D eigenvalue weighted by molar-refractivity contribution is 7.89. The fourth-order valence-electron chi connectivity index (χ4n) is 1.82. The Kier molecular flexibility index (Phi) is 4.29. The summed E-state index contributed by atoms with van der Waals surface area (Å²) in [5.74, 6) is 0.446. The van der Waals surface area contributed by atoms with Gasteiger partial charge in [-0.05, 0) is 18.0 Å². The molecule has 0 aliphatic carbocycles. The highest BCUT2D eigenvalue weighted by atomic mass is 32.2. The molecule has 3 N–H and O–H groups in total. The normalized spacial score (nSPS) is 20.1. The van der Waals surface area contributed by atoms with E-state index < -0.39 is 10.0 Å². The first-order valence-corrected chi connectivity index (χ1v) is 8.13. The Hall–Kier alpha value is -0.900. The molecule has 7 nitrogen and oxygen atoms in total. The van der Waals surface area contributed by atoms with Crippen molar-refractivity contribution >= 4 is 32.4 Å². The molecule has 1 atom stereocenters. The number of sulfonamides is 1. The molecule has 1 saturated heterocycles. The summed E-state index contributed by atoms with van der Waals surface area (Å²) < 4.78 is 34.7. The second-order valence-electron chi connectivity index (χ2n) is 4.62. The summed E-state index contributed by atoms with van der Waals surface area (Å²) in [6.45, 7) is 2.13. The van der Waals surface area contributed by atoms with Crippen LogP contribution < -0.4 is 11.1 Å². The van der Waals surface area contributed by atoms with Crippen molar-refractivity contribution in [3.63, 3.8) is 0 Å². The van der Waals surface area contributed by atoms with Gasteiger partial charge in [-0.25, -0.2) is 12.7 Å². The number of nitrogens with two attached hydrogens (primary N) is 1. The summed E-state index contributed by atoms with van der Waals surface area (Å²) in [6, 6.07) is 0. The van der Waals surface area contributed by atoms with Crippen LogP contribution in [0.2, 0.25) is 0 Å². The minimum absolute atomic E-state index is 0.0453. The summed E-state index contributed by atoms with van der Waals surface area (Å²) in [5, 5.41) is 3.63. The van der Waals surface area contributed by atoms with Crippen LogP contribution in [-0.4, -0.2) is 51.0 Å². The minimum atomic E-state index is -3.58. The quantitative estimate of drug-likeness (QED) is 0.818. The Morgan fingerprint density at radius 3 is 2.89 bits per heavy atom. The number of anilines is 2. The molecule has 0 spiro atoms. The summed E-state index contributed by atoms with van der Waals surface area (Å²) in [6.07, 6.45) is 0.983. The molecular formula is C10H18N4O3S2. The van der Waals surface area contributed by atoms with Crippen molar-refractivity contribution in [3.05, 3.63) is 0 Å². The van der Waals surface area contributed by atoms with Crippen molar-refractivity contribution in [1.82, 2.24) is 8.68 Å². The van der Waals surface area contributed by atoms with Gasteiger partial charge in [0.15, 0.2) is 10.7 Å². The zero-order valence-electron chi connectivity index (χ0n) is 10.9. The molecule has 0 bridgehead atoms. The molecule has 2 heterocycles. The molecule has 9 heteroatoms. The minimum Gasteiger partial charge on any atom is -0.382 e. The summed E-state index contributed by atoms with van der Waals surface area (Å²) >= 11 is 1.07. The van der Waals surface area contributed by atoms with Crippen LogP contribution >= 0.6 is 11.5 Å². The number of nitrogens with one attached hydrogen (secondary N) is 1. The van der Waals surface area contributed by atoms with Crippen LogP contribution in [0.4, 0.5) is 10.8 Å². The molecule has 0 radical (unpaired) electrons. The maximum Gasteiger partial charge on any atom is 0.249 e. The Balaban J connectivity index is 2.17. The van der Waals surface area contributed by atoms with E-state index in [4.69, 9.17) is 10.5 Å². The zero-order valence-corrected chi connectivity index (χ0v) is 12.6. The smallest absolute Gasteiger partial charge is 0.249 e. The fraction of sp³-hybridized carbons (Fsp3) is 0.700. The van der Waals surface area contributed by atoms with Crippen molar-refractivity contribution in [2.75, 3.05) is 44.9 Å². The standard InChI is InChI=1S/C10H18N4O3S2/c1-14(2)19(15,16)8-9(11)13-18-10(8)12-5-7-3-4-17-6-7/h7,12H,3-6H2,1-2H3,(H2,11,13). The molecule has 0 saturated carbocycles. The van der Waals surface area contributed by atoms with E-state index in [0.717, 1.165) is 28.9 Å². The monoisotopic (exact) mass is 306 g/mol. The van der Waals surface area contributed by atoms with Crippen molar-refractivity contribution in [3.8, 4) is 0 Å². The maximum absolute atomic E-state index is 12.2. The number of hydrogen-bond donors (Lipinski definition) is 2. The van der Waals surface area contributed by atoms with E-state index >= 15 is 0 Å². The number of hydrogen-bond acceptors (Lipinski definition) is 7. The van der Waals surface area contributed by atoms with Crippen LogP contribution in [0.1, 0.15) is 6.42 Å². The van der Waals surface area contributed by atoms with Crippen LogP contribution in [0, 0.1) is 5.92 Å². The van der Waals surface area contributed by atoms with Gasteiger partial charge in [0.05, 0.1) is 6.61 Å². The second-order valence-corrected chi connectivity index (χ2v) is 7.49.